The number of hydrogen-bond acceptors (Lipinski definition) is 3. The Morgan fingerprint density at radius 1 is 1.11 bits per heavy atom. The Hall–Kier alpha value is -2.92. The molecule has 1 atom stereocenters. The Labute approximate surface area is 168 Å². The van der Waals surface area contributed by atoms with Gasteiger partial charge in [0.25, 0.3) is 0 Å². The van der Waals surface area contributed by atoms with Crippen LogP contribution in [0.4, 0.5) is 4.79 Å². The highest BCUT2D eigenvalue weighted by Gasteiger charge is 2.19. The first-order chi connectivity index (χ1) is 13.6. The number of carboxylic acids is 1. The topological polar surface area (TPSA) is 66.8 Å². The molecule has 0 heterocycles. The summed E-state index contributed by atoms with van der Waals surface area (Å²) in [7, 11) is 0. The first kappa shape index (κ1) is 23.1. The van der Waals surface area contributed by atoms with Gasteiger partial charge in [0.05, 0.1) is 19.1 Å². The molecule has 1 N–H and O–H groups in total. The van der Waals surface area contributed by atoms with Crippen molar-refractivity contribution < 1.29 is 19.4 Å². The summed E-state index contributed by atoms with van der Waals surface area (Å²) in [6.45, 7) is 4.67. The van der Waals surface area contributed by atoms with Gasteiger partial charge >= 0.3 is 12.1 Å². The van der Waals surface area contributed by atoms with Gasteiger partial charge in [-0.25, -0.2) is 4.79 Å². The predicted molar refractivity (Wildman–Crippen MR) is 110 cm³/mol. The molecule has 5 heteroatoms. The summed E-state index contributed by atoms with van der Waals surface area (Å²) in [5.74, 6) is 9.65. The minimum Gasteiger partial charge on any atom is -0.481 e. The summed E-state index contributed by atoms with van der Waals surface area (Å²) in [4.78, 5) is 25.1. The second-order valence-corrected chi connectivity index (χ2v) is 6.30. The number of rotatable bonds is 11. The standard InChI is InChI=1S/C23H29NO4/c1-3-5-6-13-18-24(23(27)28-4-2)19-14-8-7-12-17-21(22(25)26)20-15-10-9-11-16-20/h9-11,15-16,21H,4,7-8,12,14,17-19H2,1-2H3,(H,25,26). The molecule has 1 rings (SSSR count). The number of carboxylic acid groups (broad SMARTS) is 1. The molecule has 28 heavy (non-hydrogen) atoms. The highest BCUT2D eigenvalue weighted by atomic mass is 16.6. The zero-order chi connectivity index (χ0) is 20.6. The minimum atomic E-state index is -0.784. The smallest absolute Gasteiger partial charge is 0.410 e. The Morgan fingerprint density at radius 3 is 2.46 bits per heavy atom. The van der Waals surface area contributed by atoms with E-state index in [1.54, 1.807) is 18.7 Å². The van der Waals surface area contributed by atoms with Gasteiger partial charge in [-0.1, -0.05) is 61.4 Å². The van der Waals surface area contributed by atoms with Crippen molar-refractivity contribution in [1.29, 1.82) is 0 Å². The fourth-order valence-corrected chi connectivity index (χ4v) is 2.81. The normalized spacial score (nSPS) is 10.6. The van der Waals surface area contributed by atoms with Crippen LogP contribution >= 0.6 is 0 Å². The van der Waals surface area contributed by atoms with Crippen molar-refractivity contribution in [2.45, 2.75) is 51.9 Å². The number of hydrogen-bond donors (Lipinski definition) is 1. The van der Waals surface area contributed by atoms with Crippen molar-refractivity contribution in [3.8, 4) is 23.7 Å². The molecule has 1 unspecified atom stereocenters. The highest BCUT2D eigenvalue weighted by Crippen LogP contribution is 2.23. The summed E-state index contributed by atoms with van der Waals surface area (Å²) in [6, 6.07) is 9.34. The Morgan fingerprint density at radius 2 is 1.82 bits per heavy atom. The van der Waals surface area contributed by atoms with Gasteiger partial charge in [-0.05, 0) is 44.1 Å². The number of aliphatic carboxylic acids is 1. The fourth-order valence-electron chi connectivity index (χ4n) is 2.81. The van der Waals surface area contributed by atoms with Gasteiger partial charge < -0.3 is 9.84 Å². The number of unbranched alkanes of at least 4 members (excludes halogenated alkanes) is 3. The maximum Gasteiger partial charge on any atom is 0.410 e. The lowest BCUT2D eigenvalue weighted by Crippen LogP contribution is -2.33. The number of ether oxygens (including phenoxy) is 1. The van der Waals surface area contributed by atoms with Gasteiger partial charge in [-0.15, -0.1) is 0 Å². The number of carbonyl (C=O) groups is 2. The van der Waals surface area contributed by atoms with Gasteiger partial charge in [0.2, 0.25) is 0 Å². The molecule has 0 bridgehead atoms. The van der Waals surface area contributed by atoms with Crippen LogP contribution in [0.2, 0.25) is 0 Å². The molecule has 1 aromatic rings. The van der Waals surface area contributed by atoms with E-state index in [-0.39, 0.29) is 6.09 Å². The number of amides is 1. The zero-order valence-electron chi connectivity index (χ0n) is 16.7. The van der Waals surface area contributed by atoms with E-state index in [9.17, 15) is 14.7 Å². The highest BCUT2D eigenvalue weighted by molar-refractivity contribution is 5.76. The second kappa shape index (κ2) is 14.2. The molecular weight excluding hydrogens is 354 g/mol. The summed E-state index contributed by atoms with van der Waals surface area (Å²) in [6.07, 6.45) is 3.73. The molecular formula is C23H29NO4. The van der Waals surface area contributed by atoms with Crippen molar-refractivity contribution in [3.05, 3.63) is 35.9 Å². The molecule has 0 aliphatic carbocycles. The summed E-state index contributed by atoms with van der Waals surface area (Å²) in [5.41, 5.74) is 0.845. The van der Waals surface area contributed by atoms with E-state index in [2.05, 4.69) is 23.7 Å². The van der Waals surface area contributed by atoms with Crippen LogP contribution in [0.1, 0.15) is 57.4 Å². The quantitative estimate of drug-likeness (QED) is 0.457. The van der Waals surface area contributed by atoms with Crippen LogP contribution in [0.25, 0.3) is 0 Å². The molecule has 0 aliphatic heterocycles. The SMILES string of the molecule is CC#CC#CCN(CCCCCCC(C(=O)O)c1ccccc1)C(=O)OCC. The fraction of sp³-hybridized carbons (Fsp3) is 0.478. The Kier molecular flexibility index (Phi) is 11.7. The summed E-state index contributed by atoms with van der Waals surface area (Å²) >= 11 is 0. The number of benzene rings is 1. The molecule has 1 amide bonds. The van der Waals surface area contributed by atoms with Crippen molar-refractivity contribution >= 4 is 12.1 Å². The third kappa shape index (κ3) is 9.14. The molecule has 0 aromatic heterocycles. The average Bonchev–Trinajstić information content (AvgIpc) is 2.69. The van der Waals surface area contributed by atoms with Gasteiger partial charge in [0.1, 0.15) is 0 Å². The van der Waals surface area contributed by atoms with Crippen molar-refractivity contribution in [3.63, 3.8) is 0 Å². The molecule has 0 radical (unpaired) electrons. The maximum absolute atomic E-state index is 12.0. The van der Waals surface area contributed by atoms with Crippen LogP contribution in [-0.4, -0.2) is 41.8 Å². The first-order valence-corrected chi connectivity index (χ1v) is 9.69. The Balaban J connectivity index is 2.39. The van der Waals surface area contributed by atoms with Crippen molar-refractivity contribution in [2.24, 2.45) is 0 Å². The molecule has 0 aliphatic rings. The van der Waals surface area contributed by atoms with Gasteiger partial charge in [0.15, 0.2) is 0 Å². The molecule has 0 fully saturated rings. The van der Waals surface area contributed by atoms with E-state index >= 15 is 0 Å². The number of carbonyl (C=O) groups excluding carboxylic acids is 1. The lowest BCUT2D eigenvalue weighted by molar-refractivity contribution is -0.139. The van der Waals surface area contributed by atoms with Gasteiger partial charge in [-0.3, -0.25) is 9.69 Å². The molecule has 150 valence electrons. The first-order valence-electron chi connectivity index (χ1n) is 9.69. The van der Waals surface area contributed by atoms with Crippen LogP contribution in [0.3, 0.4) is 0 Å². The van der Waals surface area contributed by atoms with Crippen LogP contribution in [0, 0.1) is 23.7 Å². The minimum absolute atomic E-state index is 0.294. The number of nitrogens with zero attached hydrogens (tertiary/aromatic N) is 1. The second-order valence-electron chi connectivity index (χ2n) is 6.30. The maximum atomic E-state index is 12.0. The van der Waals surface area contributed by atoms with Crippen molar-refractivity contribution in [1.82, 2.24) is 4.90 Å². The summed E-state index contributed by atoms with van der Waals surface area (Å²) < 4.78 is 5.06. The van der Waals surface area contributed by atoms with Crippen LogP contribution in [0.15, 0.2) is 30.3 Å². The zero-order valence-corrected chi connectivity index (χ0v) is 16.7. The molecule has 0 saturated heterocycles. The van der Waals surface area contributed by atoms with Crippen LogP contribution in [0.5, 0.6) is 0 Å². The molecule has 0 saturated carbocycles. The molecule has 1 aromatic carbocycles. The van der Waals surface area contributed by atoms with Gasteiger partial charge in [-0.2, -0.15) is 0 Å². The van der Waals surface area contributed by atoms with Crippen LogP contribution < -0.4 is 0 Å². The summed E-state index contributed by atoms with van der Waals surface area (Å²) in [5, 5.41) is 9.45. The lowest BCUT2D eigenvalue weighted by atomic mass is 9.93. The molecule has 0 spiro atoms. The predicted octanol–water partition coefficient (Wildman–Crippen LogP) is 4.29. The average molecular weight is 383 g/mol. The van der Waals surface area contributed by atoms with Gasteiger partial charge in [0, 0.05) is 6.54 Å². The third-order valence-corrected chi connectivity index (χ3v) is 4.24. The largest absolute Gasteiger partial charge is 0.481 e. The van der Waals surface area contributed by atoms with E-state index in [1.165, 1.54) is 0 Å². The molecule has 5 nitrogen and oxygen atoms in total. The van der Waals surface area contributed by atoms with E-state index in [0.29, 0.717) is 26.1 Å². The van der Waals surface area contributed by atoms with E-state index in [0.717, 1.165) is 31.2 Å². The monoisotopic (exact) mass is 383 g/mol. The van der Waals surface area contributed by atoms with E-state index < -0.39 is 11.9 Å². The Bertz CT molecular complexity index is 722. The third-order valence-electron chi connectivity index (χ3n) is 4.24. The lowest BCUT2D eigenvalue weighted by Gasteiger charge is -2.19. The van der Waals surface area contributed by atoms with E-state index in [1.807, 2.05) is 30.3 Å². The van der Waals surface area contributed by atoms with Crippen molar-refractivity contribution in [2.75, 3.05) is 19.7 Å². The van der Waals surface area contributed by atoms with E-state index in [4.69, 9.17) is 4.74 Å². The van der Waals surface area contributed by atoms with Crippen LogP contribution in [-0.2, 0) is 9.53 Å².